The number of hydrogen-bond donors (Lipinski definition) is 2. The van der Waals surface area contributed by atoms with Crippen LogP contribution in [-0.4, -0.2) is 67.5 Å². The first-order valence-corrected chi connectivity index (χ1v) is 8.86. The van der Waals surface area contributed by atoms with Crippen LogP contribution in [0.25, 0.3) is 0 Å². The minimum atomic E-state index is -1.37. The fraction of sp³-hybridized carbons (Fsp3) is 0.579. The van der Waals surface area contributed by atoms with Crippen molar-refractivity contribution in [2.24, 2.45) is 5.41 Å². The molecule has 0 aliphatic carbocycles. The number of aliphatic hydroxyl groups is 1. The predicted molar refractivity (Wildman–Crippen MR) is 97.6 cm³/mol. The number of hydrogen-bond acceptors (Lipinski definition) is 6. The summed E-state index contributed by atoms with van der Waals surface area (Å²) < 4.78 is 15.9. The van der Waals surface area contributed by atoms with E-state index in [0.717, 1.165) is 0 Å². The topological polar surface area (TPSA) is 106 Å². The number of piperidine rings is 1. The number of carboxylic acid groups (broad SMARTS) is 1. The number of methoxy groups -OCH3 is 3. The molecule has 0 radical (unpaired) electrons. The molecule has 1 amide bonds. The summed E-state index contributed by atoms with van der Waals surface area (Å²) in [5, 5.41) is 20.1. The Labute approximate surface area is 158 Å². The largest absolute Gasteiger partial charge is 0.493 e. The first kappa shape index (κ1) is 20.8. The van der Waals surface area contributed by atoms with Gasteiger partial charge in [-0.25, -0.2) is 0 Å². The van der Waals surface area contributed by atoms with Gasteiger partial charge in [-0.3, -0.25) is 9.59 Å². The molecule has 0 aromatic heterocycles. The van der Waals surface area contributed by atoms with Crippen LogP contribution in [0.15, 0.2) is 12.1 Å². The summed E-state index contributed by atoms with van der Waals surface area (Å²) in [6, 6.07) is 3.17. The summed E-state index contributed by atoms with van der Waals surface area (Å²) in [4.78, 5) is 26.5. The monoisotopic (exact) mass is 381 g/mol. The Bertz CT molecular complexity index is 706. The molecule has 1 aromatic rings. The number of rotatable bonds is 7. The molecule has 150 valence electrons. The van der Waals surface area contributed by atoms with Crippen LogP contribution in [0.5, 0.6) is 17.2 Å². The van der Waals surface area contributed by atoms with Crippen molar-refractivity contribution in [2.45, 2.75) is 32.3 Å². The Morgan fingerprint density at radius 2 is 1.85 bits per heavy atom. The molecule has 2 rings (SSSR count). The highest BCUT2D eigenvalue weighted by Crippen LogP contribution is 2.41. The van der Waals surface area contributed by atoms with E-state index < -0.39 is 17.5 Å². The third kappa shape index (κ3) is 3.66. The second-order valence-electron chi connectivity index (χ2n) is 6.62. The summed E-state index contributed by atoms with van der Waals surface area (Å²) in [6.45, 7) is 2.06. The van der Waals surface area contributed by atoms with Gasteiger partial charge in [0.05, 0.1) is 33.0 Å². The minimum absolute atomic E-state index is 0.0618. The fourth-order valence-electron chi connectivity index (χ4n) is 3.70. The number of aliphatic hydroxyl groups excluding tert-OH is 1. The fourth-order valence-corrected chi connectivity index (χ4v) is 3.70. The highest BCUT2D eigenvalue weighted by molar-refractivity contribution is 5.98. The van der Waals surface area contributed by atoms with Crippen molar-refractivity contribution < 1.29 is 34.0 Å². The lowest BCUT2D eigenvalue weighted by Crippen LogP contribution is -2.57. The molecule has 0 saturated carbocycles. The Morgan fingerprint density at radius 3 is 2.37 bits per heavy atom. The molecule has 1 aliphatic rings. The molecule has 2 N–H and O–H groups in total. The zero-order valence-corrected chi connectivity index (χ0v) is 16.2. The number of aliphatic carboxylic acids is 1. The summed E-state index contributed by atoms with van der Waals surface area (Å²) in [6.07, 6.45) is 0.0843. The molecule has 1 fully saturated rings. The van der Waals surface area contributed by atoms with Gasteiger partial charge in [0.2, 0.25) is 5.75 Å². The standard InChI is InChI=1S/C19H27NO7/c1-5-9-19(18(23)24)11-20(10-8-14(19)21)17(22)12-6-7-13(25-2)16(27-4)15(12)26-3/h6-7,14,21H,5,8-11H2,1-4H3,(H,23,24)/t14-,19-/m1/s1. The highest BCUT2D eigenvalue weighted by Gasteiger charge is 2.49. The Balaban J connectivity index is 2.42. The Kier molecular flexibility index (Phi) is 6.54. The van der Waals surface area contributed by atoms with E-state index in [2.05, 4.69) is 0 Å². The first-order valence-electron chi connectivity index (χ1n) is 8.86. The number of nitrogens with zero attached hydrogens (tertiary/aromatic N) is 1. The normalized spacial score (nSPS) is 22.3. The number of ether oxygens (including phenoxy) is 3. The summed E-state index contributed by atoms with van der Waals surface area (Å²) in [7, 11) is 4.35. The van der Waals surface area contributed by atoms with E-state index in [1.54, 1.807) is 12.1 Å². The zero-order valence-electron chi connectivity index (χ0n) is 16.2. The number of likely N-dealkylation sites (tertiary alicyclic amines) is 1. The molecule has 1 aliphatic heterocycles. The Morgan fingerprint density at radius 1 is 1.19 bits per heavy atom. The van der Waals surface area contributed by atoms with Crippen molar-refractivity contribution in [3.05, 3.63) is 17.7 Å². The Hall–Kier alpha value is -2.48. The molecular formula is C19H27NO7. The molecule has 8 nitrogen and oxygen atoms in total. The van der Waals surface area contributed by atoms with E-state index >= 15 is 0 Å². The number of amides is 1. The van der Waals surface area contributed by atoms with Crippen LogP contribution < -0.4 is 14.2 Å². The van der Waals surface area contributed by atoms with Crippen molar-refractivity contribution >= 4 is 11.9 Å². The predicted octanol–water partition coefficient (Wildman–Crippen LogP) is 1.79. The van der Waals surface area contributed by atoms with Crippen LogP contribution in [0.3, 0.4) is 0 Å². The molecular weight excluding hydrogens is 354 g/mol. The molecule has 1 heterocycles. The second-order valence-corrected chi connectivity index (χ2v) is 6.62. The van der Waals surface area contributed by atoms with Crippen LogP contribution in [0.4, 0.5) is 0 Å². The van der Waals surface area contributed by atoms with Crippen molar-refractivity contribution in [3.8, 4) is 17.2 Å². The van der Waals surface area contributed by atoms with E-state index in [4.69, 9.17) is 14.2 Å². The molecule has 1 saturated heterocycles. The van der Waals surface area contributed by atoms with E-state index in [1.807, 2.05) is 6.92 Å². The van der Waals surface area contributed by atoms with Crippen LogP contribution >= 0.6 is 0 Å². The number of benzene rings is 1. The SMILES string of the molecule is CCC[C@@]1(C(=O)O)CN(C(=O)c2ccc(OC)c(OC)c2OC)CC[C@H]1O. The summed E-state index contributed by atoms with van der Waals surface area (Å²) >= 11 is 0. The maximum Gasteiger partial charge on any atom is 0.314 e. The quantitative estimate of drug-likeness (QED) is 0.742. The van der Waals surface area contributed by atoms with Gasteiger partial charge in [0.1, 0.15) is 5.41 Å². The van der Waals surface area contributed by atoms with Gasteiger partial charge in [0, 0.05) is 13.1 Å². The lowest BCUT2D eigenvalue weighted by atomic mass is 9.74. The smallest absolute Gasteiger partial charge is 0.314 e. The lowest BCUT2D eigenvalue weighted by Gasteiger charge is -2.43. The summed E-state index contributed by atoms with van der Waals surface area (Å²) in [5.41, 5.74) is -1.12. The van der Waals surface area contributed by atoms with Gasteiger partial charge in [-0.05, 0) is 25.0 Å². The van der Waals surface area contributed by atoms with Crippen molar-refractivity contribution in [3.63, 3.8) is 0 Å². The molecule has 8 heteroatoms. The van der Waals surface area contributed by atoms with Gasteiger partial charge in [-0.15, -0.1) is 0 Å². The van der Waals surface area contributed by atoms with Crippen LogP contribution in [0, 0.1) is 5.41 Å². The van der Waals surface area contributed by atoms with Crippen molar-refractivity contribution in [1.82, 2.24) is 4.90 Å². The van der Waals surface area contributed by atoms with E-state index in [1.165, 1.54) is 26.2 Å². The summed E-state index contributed by atoms with van der Waals surface area (Å²) in [5.74, 6) is -0.522. The highest BCUT2D eigenvalue weighted by atomic mass is 16.5. The molecule has 0 bridgehead atoms. The molecule has 2 atom stereocenters. The van der Waals surface area contributed by atoms with Gasteiger partial charge >= 0.3 is 5.97 Å². The maximum absolute atomic E-state index is 13.1. The number of carboxylic acids is 1. The van der Waals surface area contributed by atoms with Gasteiger partial charge < -0.3 is 29.3 Å². The van der Waals surface area contributed by atoms with E-state index in [0.29, 0.717) is 17.9 Å². The molecule has 27 heavy (non-hydrogen) atoms. The lowest BCUT2D eigenvalue weighted by molar-refractivity contribution is -0.162. The van der Waals surface area contributed by atoms with Crippen molar-refractivity contribution in [1.29, 1.82) is 0 Å². The molecule has 0 unspecified atom stereocenters. The molecule has 0 spiro atoms. The first-order chi connectivity index (χ1) is 12.9. The molecule has 1 aromatic carbocycles. The van der Waals surface area contributed by atoms with E-state index in [9.17, 15) is 19.8 Å². The van der Waals surface area contributed by atoms with Gasteiger partial charge in [-0.1, -0.05) is 13.3 Å². The minimum Gasteiger partial charge on any atom is -0.493 e. The van der Waals surface area contributed by atoms with Crippen LogP contribution in [0.1, 0.15) is 36.5 Å². The number of carbonyl (C=O) groups excluding carboxylic acids is 1. The second kappa shape index (κ2) is 8.47. The van der Waals surface area contributed by atoms with Crippen LogP contribution in [-0.2, 0) is 4.79 Å². The van der Waals surface area contributed by atoms with E-state index in [-0.39, 0.29) is 43.2 Å². The third-order valence-electron chi connectivity index (χ3n) is 5.13. The van der Waals surface area contributed by atoms with Gasteiger partial charge in [0.15, 0.2) is 11.5 Å². The van der Waals surface area contributed by atoms with Gasteiger partial charge in [0.25, 0.3) is 5.91 Å². The average Bonchev–Trinajstić information content (AvgIpc) is 2.67. The van der Waals surface area contributed by atoms with Crippen LogP contribution in [0.2, 0.25) is 0 Å². The van der Waals surface area contributed by atoms with Crippen molar-refractivity contribution in [2.75, 3.05) is 34.4 Å². The number of carbonyl (C=O) groups is 2. The average molecular weight is 381 g/mol. The zero-order chi connectivity index (χ0) is 20.2. The van der Waals surface area contributed by atoms with Gasteiger partial charge in [-0.2, -0.15) is 0 Å². The maximum atomic E-state index is 13.1. The third-order valence-corrected chi connectivity index (χ3v) is 5.13.